The van der Waals surface area contributed by atoms with E-state index >= 15 is 0 Å². The van der Waals surface area contributed by atoms with Gasteiger partial charge in [-0.3, -0.25) is 9.59 Å². The number of carbonyl (C=O) groups is 4. The van der Waals surface area contributed by atoms with Gasteiger partial charge >= 0.3 is 12.2 Å². The second-order valence-electron chi connectivity index (χ2n) is 8.88. The summed E-state index contributed by atoms with van der Waals surface area (Å²) in [4.78, 5) is 48.9. The lowest BCUT2D eigenvalue weighted by atomic mass is 10.0. The van der Waals surface area contributed by atoms with Crippen LogP contribution in [0, 0.1) is 5.92 Å². The lowest BCUT2D eigenvalue weighted by molar-refractivity contribution is -0.129. The number of amides is 4. The maximum atomic E-state index is 12.9. The van der Waals surface area contributed by atoms with Gasteiger partial charge in [-0.2, -0.15) is 0 Å². The summed E-state index contributed by atoms with van der Waals surface area (Å²) >= 11 is 0. The van der Waals surface area contributed by atoms with Crippen molar-refractivity contribution in [1.29, 1.82) is 0 Å². The van der Waals surface area contributed by atoms with Crippen LogP contribution in [0.5, 0.6) is 0 Å². The van der Waals surface area contributed by atoms with Gasteiger partial charge in [0.2, 0.25) is 11.8 Å². The summed E-state index contributed by atoms with van der Waals surface area (Å²) in [5.41, 5.74) is 7.10. The molecule has 2 aromatic rings. The monoisotopic (exact) mass is 512 g/mol. The normalized spacial score (nSPS) is 12.2. The number of rotatable bonds is 14. The van der Waals surface area contributed by atoms with Gasteiger partial charge in [0.15, 0.2) is 0 Å². The van der Waals surface area contributed by atoms with Gasteiger partial charge in [-0.25, -0.2) is 9.59 Å². The molecule has 200 valence electrons. The first-order valence-corrected chi connectivity index (χ1v) is 12.3. The van der Waals surface area contributed by atoms with Crippen LogP contribution in [0.25, 0.3) is 0 Å². The Kier molecular flexibility index (Phi) is 12.5. The standard InChI is InChI=1S/C27H36N4O6/c1-19(2)23(24(28)32)31-25(33)22(30-27(35)37-18-21-13-7-4-8-14-21)15-9-10-16-29-26(34)36-17-20-11-5-3-6-12-20/h3-8,11-14,19,22-23H,9-10,15-18H2,1-2H3,(H2,28,32)(H,29,34)(H,30,35)(H,31,33). The third-order valence-electron chi connectivity index (χ3n) is 5.49. The summed E-state index contributed by atoms with van der Waals surface area (Å²) in [7, 11) is 0. The maximum Gasteiger partial charge on any atom is 0.408 e. The van der Waals surface area contributed by atoms with E-state index < -0.39 is 36.1 Å². The second kappa shape index (κ2) is 15.8. The Morgan fingerprint density at radius 3 is 1.84 bits per heavy atom. The van der Waals surface area contributed by atoms with E-state index in [0.717, 1.165) is 11.1 Å². The molecule has 0 saturated carbocycles. The fourth-order valence-corrected chi connectivity index (χ4v) is 3.43. The first-order chi connectivity index (χ1) is 17.8. The maximum absolute atomic E-state index is 12.9. The average Bonchev–Trinajstić information content (AvgIpc) is 2.89. The molecular weight excluding hydrogens is 476 g/mol. The summed E-state index contributed by atoms with van der Waals surface area (Å²) in [6.45, 7) is 4.06. The zero-order valence-corrected chi connectivity index (χ0v) is 21.3. The van der Waals surface area contributed by atoms with E-state index in [1.165, 1.54) is 0 Å². The zero-order valence-electron chi connectivity index (χ0n) is 21.3. The summed E-state index contributed by atoms with van der Waals surface area (Å²) in [6, 6.07) is 16.6. The second-order valence-corrected chi connectivity index (χ2v) is 8.88. The Balaban J connectivity index is 1.83. The van der Waals surface area contributed by atoms with Crippen molar-refractivity contribution < 1.29 is 28.7 Å². The fourth-order valence-electron chi connectivity index (χ4n) is 3.43. The molecule has 2 rings (SSSR count). The predicted molar refractivity (Wildman–Crippen MR) is 138 cm³/mol. The first kappa shape index (κ1) is 29.2. The topological polar surface area (TPSA) is 149 Å². The van der Waals surface area contributed by atoms with Crippen LogP contribution in [0.4, 0.5) is 9.59 Å². The highest BCUT2D eigenvalue weighted by atomic mass is 16.6. The molecule has 0 aliphatic carbocycles. The summed E-state index contributed by atoms with van der Waals surface area (Å²) in [5.74, 6) is -1.42. The lowest BCUT2D eigenvalue weighted by Gasteiger charge is -2.23. The zero-order chi connectivity index (χ0) is 27.0. The number of nitrogens with one attached hydrogen (secondary N) is 3. The highest BCUT2D eigenvalue weighted by Gasteiger charge is 2.27. The number of carbonyl (C=O) groups excluding carboxylic acids is 4. The number of ether oxygens (including phenoxy) is 2. The molecule has 0 heterocycles. The molecular formula is C27H36N4O6. The molecule has 0 bridgehead atoms. The van der Waals surface area contributed by atoms with Crippen molar-refractivity contribution in [3.8, 4) is 0 Å². The largest absolute Gasteiger partial charge is 0.445 e. The van der Waals surface area contributed by atoms with Crippen LogP contribution in [-0.2, 0) is 32.3 Å². The minimum absolute atomic E-state index is 0.0475. The third kappa shape index (κ3) is 11.5. The van der Waals surface area contributed by atoms with E-state index in [9.17, 15) is 19.2 Å². The van der Waals surface area contributed by atoms with Gasteiger partial charge in [0.05, 0.1) is 0 Å². The van der Waals surface area contributed by atoms with Gasteiger partial charge in [-0.1, -0.05) is 74.5 Å². The number of primary amides is 1. The number of alkyl carbamates (subject to hydrolysis) is 2. The van der Waals surface area contributed by atoms with E-state index in [0.29, 0.717) is 19.4 Å². The van der Waals surface area contributed by atoms with Crippen molar-refractivity contribution in [1.82, 2.24) is 16.0 Å². The van der Waals surface area contributed by atoms with Gasteiger partial charge in [0.25, 0.3) is 0 Å². The van der Waals surface area contributed by atoms with Crippen LogP contribution in [0.2, 0.25) is 0 Å². The number of benzene rings is 2. The number of unbranched alkanes of at least 4 members (excludes halogenated alkanes) is 1. The lowest BCUT2D eigenvalue weighted by Crippen LogP contribution is -2.54. The molecule has 10 nitrogen and oxygen atoms in total. The van der Waals surface area contributed by atoms with Gasteiger partial charge in [0, 0.05) is 6.54 Å². The number of hydrogen-bond acceptors (Lipinski definition) is 6. The van der Waals surface area contributed by atoms with Crippen LogP contribution in [0.3, 0.4) is 0 Å². The number of hydrogen-bond donors (Lipinski definition) is 4. The molecule has 2 atom stereocenters. The minimum atomic E-state index is -0.950. The molecule has 2 aromatic carbocycles. The highest BCUT2D eigenvalue weighted by molar-refractivity contribution is 5.90. The Morgan fingerprint density at radius 1 is 0.784 bits per heavy atom. The molecule has 0 aliphatic rings. The quantitative estimate of drug-likeness (QED) is 0.286. The van der Waals surface area contributed by atoms with Crippen molar-refractivity contribution >= 4 is 24.0 Å². The SMILES string of the molecule is CC(C)C(NC(=O)C(CCCCNC(=O)OCc1ccccc1)NC(=O)OCc1ccccc1)C(N)=O. The molecule has 0 spiro atoms. The Hall–Kier alpha value is -4.08. The molecule has 0 aromatic heterocycles. The van der Waals surface area contributed by atoms with Crippen LogP contribution in [-0.4, -0.2) is 42.6 Å². The molecule has 0 fully saturated rings. The van der Waals surface area contributed by atoms with Crippen molar-refractivity contribution in [3.05, 3.63) is 71.8 Å². The molecule has 0 saturated heterocycles. The number of nitrogens with two attached hydrogens (primary N) is 1. The van der Waals surface area contributed by atoms with E-state index in [2.05, 4.69) is 16.0 Å². The summed E-state index contributed by atoms with van der Waals surface area (Å²) in [6.07, 6.45) is -0.00187. The van der Waals surface area contributed by atoms with Crippen molar-refractivity contribution in [3.63, 3.8) is 0 Å². The van der Waals surface area contributed by atoms with Crippen LogP contribution in [0.15, 0.2) is 60.7 Å². The van der Waals surface area contributed by atoms with E-state index in [4.69, 9.17) is 15.2 Å². The Labute approximate surface area is 217 Å². The minimum Gasteiger partial charge on any atom is -0.445 e. The molecule has 0 aliphatic heterocycles. The van der Waals surface area contributed by atoms with E-state index in [1.807, 2.05) is 60.7 Å². The molecule has 0 radical (unpaired) electrons. The van der Waals surface area contributed by atoms with Gasteiger partial charge < -0.3 is 31.2 Å². The molecule has 5 N–H and O–H groups in total. The smallest absolute Gasteiger partial charge is 0.408 e. The molecule has 4 amide bonds. The van der Waals surface area contributed by atoms with Gasteiger partial charge in [-0.15, -0.1) is 0 Å². The highest BCUT2D eigenvalue weighted by Crippen LogP contribution is 2.07. The van der Waals surface area contributed by atoms with Gasteiger partial charge in [-0.05, 0) is 36.3 Å². The summed E-state index contributed by atoms with van der Waals surface area (Å²) < 4.78 is 10.4. The Morgan fingerprint density at radius 2 is 1.32 bits per heavy atom. The summed E-state index contributed by atoms with van der Waals surface area (Å²) in [5, 5.41) is 7.85. The first-order valence-electron chi connectivity index (χ1n) is 12.3. The average molecular weight is 513 g/mol. The van der Waals surface area contributed by atoms with Gasteiger partial charge in [0.1, 0.15) is 25.3 Å². The van der Waals surface area contributed by atoms with E-state index in [-0.39, 0.29) is 25.6 Å². The van der Waals surface area contributed by atoms with Crippen molar-refractivity contribution in [2.24, 2.45) is 11.7 Å². The van der Waals surface area contributed by atoms with E-state index in [1.54, 1.807) is 13.8 Å². The fraction of sp³-hybridized carbons (Fsp3) is 0.407. The molecule has 37 heavy (non-hydrogen) atoms. The van der Waals surface area contributed by atoms with Crippen molar-refractivity contribution in [2.75, 3.05) is 6.54 Å². The third-order valence-corrected chi connectivity index (χ3v) is 5.49. The van der Waals surface area contributed by atoms with Crippen LogP contribution in [0.1, 0.15) is 44.2 Å². The van der Waals surface area contributed by atoms with Crippen LogP contribution < -0.4 is 21.7 Å². The van der Waals surface area contributed by atoms with Crippen molar-refractivity contribution in [2.45, 2.75) is 58.4 Å². The molecule has 10 heteroatoms. The Bertz CT molecular complexity index is 1000. The van der Waals surface area contributed by atoms with Crippen LogP contribution >= 0.6 is 0 Å². The predicted octanol–water partition coefficient (Wildman–Crippen LogP) is 3.00. The molecule has 2 unspecified atom stereocenters.